The van der Waals surface area contributed by atoms with E-state index in [0.29, 0.717) is 30.5 Å². The van der Waals surface area contributed by atoms with Gasteiger partial charge in [0.05, 0.1) is 34.0 Å². The molecule has 3 fully saturated rings. The second kappa shape index (κ2) is 29.4. The third-order valence-corrected chi connectivity index (χ3v) is 25.7. The van der Waals surface area contributed by atoms with E-state index in [-0.39, 0.29) is 51.5 Å². The fourth-order valence-corrected chi connectivity index (χ4v) is 20.9. The number of allylic oxidation sites excluding steroid dienone is 4. The van der Waals surface area contributed by atoms with Gasteiger partial charge in [-0.15, -0.1) is 31.5 Å². The number of amides is 2. The van der Waals surface area contributed by atoms with Crippen LogP contribution >= 0.6 is 35.3 Å². The molecular weight excluding hydrogens is 1270 g/mol. The molecule has 1 unspecified atom stereocenters. The second-order valence-corrected chi connectivity index (χ2v) is 32.0. The summed E-state index contributed by atoms with van der Waals surface area (Å²) in [5.74, 6) is 2.30. The lowest BCUT2D eigenvalue weighted by Gasteiger charge is -2.47. The Morgan fingerprint density at radius 2 is 1.17 bits per heavy atom. The molecule has 3 spiro atoms. The molecule has 3 saturated carbocycles. The Balaban J connectivity index is 0.665. The van der Waals surface area contributed by atoms with Gasteiger partial charge in [-0.2, -0.15) is 0 Å². The summed E-state index contributed by atoms with van der Waals surface area (Å²) in [5.41, 5.74) is 17.5. The van der Waals surface area contributed by atoms with Crippen molar-refractivity contribution in [2.24, 2.45) is 11.3 Å². The number of fused-ring (bicyclic) bond motifs is 11. The molecule has 6 aliphatic carbocycles. The van der Waals surface area contributed by atoms with Crippen LogP contribution in [0.2, 0.25) is 0 Å². The van der Waals surface area contributed by atoms with Gasteiger partial charge in [-0.25, -0.2) is 9.97 Å². The molecule has 7 aliphatic rings. The zero-order valence-electron chi connectivity index (χ0n) is 57.3. The molecule has 506 valence electrons. The van der Waals surface area contributed by atoms with Crippen LogP contribution in [-0.4, -0.2) is 66.6 Å². The molecule has 0 bridgehead atoms. The topological polar surface area (TPSA) is 122 Å². The van der Waals surface area contributed by atoms with Crippen molar-refractivity contribution in [3.63, 3.8) is 0 Å². The third kappa shape index (κ3) is 13.3. The number of anilines is 1. The van der Waals surface area contributed by atoms with Gasteiger partial charge in [-0.05, 0) is 139 Å². The van der Waals surface area contributed by atoms with Crippen molar-refractivity contribution >= 4 is 58.4 Å². The Kier molecular flexibility index (Phi) is 20.3. The molecule has 3 heterocycles. The number of carbonyl (C=O) groups is 2. The number of hydrogen-bond donors (Lipinski definition) is 1. The van der Waals surface area contributed by atoms with Crippen LogP contribution in [-0.2, 0) is 77.2 Å². The molecule has 98 heavy (non-hydrogen) atoms. The van der Waals surface area contributed by atoms with Crippen LogP contribution < -0.4 is 16.4 Å². The summed E-state index contributed by atoms with van der Waals surface area (Å²) < 4.78 is 3.73. The molecule has 2 amide bonds. The van der Waals surface area contributed by atoms with E-state index in [1.54, 1.807) is 35.3 Å². The standard InChI is InChI=1S/C84H93N7O4S3/c1-6-44-89-70(97-55-58-24-13-9-14-25-58)37-30-57(4)71-65-36-33-60(49-63(65)52-82(72(71)77(89)93)38-17-10-18-39-82)50-69(92)85-64-34-31-59(32-35-64)56-98-81-87-76-67-29-23-27-62(68(67)53-84(42-21-12-22-43-84)74(76)79(95)91(81)46-8-3)54-88(5)47-48-96-80-86-75-66-28-16-15-26-61(66)51-83(40-19-11-20-41-83)73(75)78(94)90(80)45-7-2/h6-9,13-16,23-29,31-37,49,57H,1-3,10-12,17-22,30,38-48,50-56H2,4-5H3,(H,85,92). The van der Waals surface area contributed by atoms with E-state index in [1.165, 1.54) is 46.2 Å². The third-order valence-electron chi connectivity index (χ3n) is 22.5. The normalized spacial score (nSPS) is 18.7. The summed E-state index contributed by atoms with van der Waals surface area (Å²) in [4.78, 5) is 74.8. The highest BCUT2D eigenvalue weighted by Crippen LogP contribution is 2.56. The first-order valence-electron chi connectivity index (χ1n) is 36.0. The minimum absolute atomic E-state index is 0.0422. The number of rotatable bonds is 21. The largest absolute Gasteiger partial charge is 0.326 e. The number of hydrogen-bond acceptors (Lipinski definition) is 10. The number of thioether (sulfide) groups is 3. The Labute approximate surface area is 591 Å². The van der Waals surface area contributed by atoms with Gasteiger partial charge in [0.1, 0.15) is 0 Å². The summed E-state index contributed by atoms with van der Waals surface area (Å²) in [6.07, 6.45) is 27.4. The Hall–Kier alpha value is -7.49. The van der Waals surface area contributed by atoms with Crippen LogP contribution in [0.1, 0.15) is 165 Å². The van der Waals surface area contributed by atoms with Gasteiger partial charge in [0, 0.05) is 88.6 Å². The summed E-state index contributed by atoms with van der Waals surface area (Å²) in [7, 11) is 2.19. The van der Waals surface area contributed by atoms with Gasteiger partial charge in [0.25, 0.3) is 17.0 Å². The maximum absolute atomic E-state index is 15.3. The maximum atomic E-state index is 15.3. The van der Waals surface area contributed by atoms with E-state index in [1.807, 2.05) is 50.5 Å². The zero-order chi connectivity index (χ0) is 67.5. The summed E-state index contributed by atoms with van der Waals surface area (Å²) in [6.45, 7) is 17.3. The van der Waals surface area contributed by atoms with Crippen LogP contribution in [0.5, 0.6) is 0 Å². The number of benzene rings is 5. The van der Waals surface area contributed by atoms with E-state index in [0.717, 1.165) is 206 Å². The Morgan fingerprint density at radius 1 is 0.602 bits per heavy atom. The van der Waals surface area contributed by atoms with Crippen LogP contribution in [0.15, 0.2) is 190 Å². The number of aromatic nitrogens is 4. The summed E-state index contributed by atoms with van der Waals surface area (Å²) in [5, 5.41) is 5.63. The molecule has 11 nitrogen and oxygen atoms in total. The van der Waals surface area contributed by atoms with Gasteiger partial charge >= 0.3 is 0 Å². The van der Waals surface area contributed by atoms with Gasteiger partial charge in [-0.3, -0.25) is 33.2 Å². The predicted molar refractivity (Wildman–Crippen MR) is 405 cm³/mol. The monoisotopic (exact) mass is 1360 g/mol. The zero-order valence-corrected chi connectivity index (χ0v) is 59.8. The molecule has 1 N–H and O–H groups in total. The number of nitrogens with one attached hydrogen (secondary N) is 1. The van der Waals surface area contributed by atoms with Gasteiger partial charge in [-0.1, -0.05) is 216 Å². The van der Waals surface area contributed by atoms with Crippen LogP contribution in [0.4, 0.5) is 5.69 Å². The lowest BCUT2D eigenvalue weighted by atomic mass is 9.59. The molecule has 1 atom stereocenters. The van der Waals surface area contributed by atoms with Crippen LogP contribution in [0, 0.1) is 11.3 Å². The van der Waals surface area contributed by atoms with Gasteiger partial charge in [0.2, 0.25) is 5.91 Å². The molecule has 0 saturated heterocycles. The average molecular weight is 1360 g/mol. The van der Waals surface area contributed by atoms with E-state index >= 15 is 9.59 Å². The van der Waals surface area contributed by atoms with Crippen molar-refractivity contribution in [1.29, 1.82) is 0 Å². The van der Waals surface area contributed by atoms with E-state index in [2.05, 4.69) is 147 Å². The van der Waals surface area contributed by atoms with Crippen LogP contribution in [0.3, 0.4) is 0 Å². The Bertz CT molecular complexity index is 4410. The second-order valence-electron chi connectivity index (χ2n) is 29.0. The fourth-order valence-electron chi connectivity index (χ4n) is 17.9. The summed E-state index contributed by atoms with van der Waals surface area (Å²) in [6, 6.07) is 40.2. The van der Waals surface area contributed by atoms with Crippen LogP contribution in [0.25, 0.3) is 28.1 Å². The molecule has 14 rings (SSSR count). The van der Waals surface area contributed by atoms with Crippen molar-refractivity contribution < 1.29 is 9.59 Å². The number of carbonyl (C=O) groups excluding carboxylic acids is 2. The first kappa shape index (κ1) is 67.7. The molecule has 14 heteroatoms. The first-order valence-corrected chi connectivity index (χ1v) is 39.0. The maximum Gasteiger partial charge on any atom is 0.258 e. The van der Waals surface area contributed by atoms with E-state index < -0.39 is 0 Å². The molecule has 1 aliphatic heterocycles. The van der Waals surface area contributed by atoms with Crippen molar-refractivity contribution in [1.82, 2.24) is 28.9 Å². The quantitative estimate of drug-likeness (QED) is 0.0423. The smallest absolute Gasteiger partial charge is 0.258 e. The Morgan fingerprint density at radius 3 is 1.85 bits per heavy atom. The van der Waals surface area contributed by atoms with Crippen molar-refractivity contribution in [3.05, 3.63) is 246 Å². The number of nitrogens with zero attached hydrogens (tertiary/aromatic N) is 6. The highest BCUT2D eigenvalue weighted by atomic mass is 32.2. The molecule has 2 aromatic heterocycles. The lowest BCUT2D eigenvalue weighted by molar-refractivity contribution is -0.126. The van der Waals surface area contributed by atoms with Crippen molar-refractivity contribution in [3.8, 4) is 22.5 Å². The molecular formula is C84H93N7O4S3. The molecule has 5 aromatic carbocycles. The van der Waals surface area contributed by atoms with E-state index in [9.17, 15) is 9.59 Å². The van der Waals surface area contributed by atoms with Crippen molar-refractivity contribution in [2.75, 3.05) is 31.2 Å². The van der Waals surface area contributed by atoms with Gasteiger partial charge in [0.15, 0.2) is 10.3 Å². The minimum atomic E-state index is -0.308. The van der Waals surface area contributed by atoms with Gasteiger partial charge < -0.3 is 10.2 Å². The highest BCUT2D eigenvalue weighted by Gasteiger charge is 2.49. The average Bonchev–Trinajstić information content (AvgIpc) is 0.736. The van der Waals surface area contributed by atoms with Crippen molar-refractivity contribution in [2.45, 2.75) is 188 Å². The minimum Gasteiger partial charge on any atom is -0.326 e. The summed E-state index contributed by atoms with van der Waals surface area (Å²) >= 11 is 4.97. The molecule has 7 aromatic rings. The fraction of sp³-hybridized carbons (Fsp3) is 0.405. The predicted octanol–water partition coefficient (Wildman–Crippen LogP) is 17.8. The van der Waals surface area contributed by atoms with E-state index in [4.69, 9.17) is 9.97 Å². The highest BCUT2D eigenvalue weighted by molar-refractivity contribution is 8.02. The SMILES string of the molecule is C=CCN1C(=O)C2=C(c3ccc(CC(=O)Nc4ccc(CSc5nc6c(c(=O)n5CC=C)C5(CCCCC5)Cc5c(CN(C)CCSc7nc8c(c(=O)n7CC=C)C7(CCCCC7)Cc7ccccc7-8)cccc5-6)cc4)cc3CC23CCCCC3)C(C)CC=C1SCc1ccccc1. The molecule has 0 radical (unpaired) electrons. The first-order chi connectivity index (χ1) is 47.8. The lowest BCUT2D eigenvalue weighted by Crippen LogP contribution is -2.43.